The van der Waals surface area contributed by atoms with Crippen LogP contribution in [0.1, 0.15) is 36.7 Å². The zero-order valence-electron chi connectivity index (χ0n) is 14.6. The van der Waals surface area contributed by atoms with Crippen molar-refractivity contribution in [3.8, 4) is 5.75 Å². The molecule has 0 spiro atoms. The van der Waals surface area contributed by atoms with Gasteiger partial charge in [0.25, 0.3) is 0 Å². The maximum Gasteiger partial charge on any atom is 0.410 e. The molecule has 0 saturated heterocycles. The van der Waals surface area contributed by atoms with Crippen molar-refractivity contribution in [1.82, 2.24) is 4.90 Å². The van der Waals surface area contributed by atoms with E-state index in [9.17, 15) is 9.59 Å². The van der Waals surface area contributed by atoms with Crippen LogP contribution in [0.2, 0.25) is 0 Å². The maximum absolute atomic E-state index is 11.8. The van der Waals surface area contributed by atoms with Crippen LogP contribution in [0, 0.1) is 6.92 Å². The van der Waals surface area contributed by atoms with Gasteiger partial charge in [0.05, 0.1) is 19.2 Å². The summed E-state index contributed by atoms with van der Waals surface area (Å²) in [6.45, 7) is 7.93. The van der Waals surface area contributed by atoms with Gasteiger partial charge in [-0.15, -0.1) is 0 Å². The maximum atomic E-state index is 11.8. The van der Waals surface area contributed by atoms with Gasteiger partial charge in [0.15, 0.2) is 0 Å². The summed E-state index contributed by atoms with van der Waals surface area (Å²) < 4.78 is 15.6. The van der Waals surface area contributed by atoms with Crippen LogP contribution in [-0.2, 0) is 9.47 Å². The second kappa shape index (κ2) is 7.85. The molecule has 0 aliphatic rings. The Balaban J connectivity index is 2.56. The highest BCUT2D eigenvalue weighted by atomic mass is 16.6. The van der Waals surface area contributed by atoms with E-state index in [0.717, 1.165) is 5.56 Å². The van der Waals surface area contributed by atoms with Gasteiger partial charge in [-0.1, -0.05) is 6.07 Å². The van der Waals surface area contributed by atoms with E-state index in [1.54, 1.807) is 25.2 Å². The largest absolute Gasteiger partial charge is 0.492 e. The number of carbonyl (C=O) groups is 2. The second-order valence-corrected chi connectivity index (χ2v) is 6.22. The minimum absolute atomic E-state index is 0.291. The molecule has 0 atom stereocenters. The van der Waals surface area contributed by atoms with Crippen LogP contribution in [0.4, 0.5) is 4.79 Å². The molecular formula is C17H25NO5. The highest BCUT2D eigenvalue weighted by Crippen LogP contribution is 2.18. The first kappa shape index (κ1) is 18.8. The lowest BCUT2D eigenvalue weighted by Crippen LogP contribution is -2.36. The molecule has 1 amide bonds. The molecule has 0 bridgehead atoms. The molecule has 6 heteroatoms. The average molecular weight is 323 g/mol. The molecule has 1 rings (SSSR count). The van der Waals surface area contributed by atoms with E-state index < -0.39 is 17.7 Å². The zero-order chi connectivity index (χ0) is 17.6. The van der Waals surface area contributed by atoms with Crippen molar-refractivity contribution in [2.75, 3.05) is 27.3 Å². The Bertz CT molecular complexity index is 563. The minimum Gasteiger partial charge on any atom is -0.492 e. The van der Waals surface area contributed by atoms with Crippen LogP contribution < -0.4 is 4.74 Å². The summed E-state index contributed by atoms with van der Waals surface area (Å²) in [5.74, 6) is 0.146. The van der Waals surface area contributed by atoms with Gasteiger partial charge in [0, 0.05) is 7.05 Å². The first-order valence-electron chi connectivity index (χ1n) is 7.40. The first-order valence-corrected chi connectivity index (χ1v) is 7.40. The molecule has 128 valence electrons. The monoisotopic (exact) mass is 323 g/mol. The number of esters is 1. The number of rotatable bonds is 5. The predicted octanol–water partition coefficient (Wildman–Crippen LogP) is 3.03. The smallest absolute Gasteiger partial charge is 0.410 e. The van der Waals surface area contributed by atoms with E-state index in [2.05, 4.69) is 0 Å². The van der Waals surface area contributed by atoms with Crippen molar-refractivity contribution in [2.45, 2.75) is 33.3 Å². The summed E-state index contributed by atoms with van der Waals surface area (Å²) in [4.78, 5) is 24.9. The molecule has 0 N–H and O–H groups in total. The normalized spacial score (nSPS) is 10.9. The fourth-order valence-corrected chi connectivity index (χ4v) is 1.75. The quantitative estimate of drug-likeness (QED) is 0.779. The minimum atomic E-state index is -0.529. The molecule has 0 aromatic heterocycles. The van der Waals surface area contributed by atoms with Crippen LogP contribution >= 0.6 is 0 Å². The first-order chi connectivity index (χ1) is 10.6. The SMILES string of the molecule is COC(=O)c1cc(OCCN(C)C(=O)OC(C)(C)C)ccc1C. The number of hydrogen-bond acceptors (Lipinski definition) is 5. The molecule has 6 nitrogen and oxygen atoms in total. The second-order valence-electron chi connectivity index (χ2n) is 6.22. The number of nitrogens with zero attached hydrogens (tertiary/aromatic N) is 1. The Morgan fingerprint density at radius 3 is 2.43 bits per heavy atom. The highest BCUT2D eigenvalue weighted by molar-refractivity contribution is 5.91. The Kier molecular flexibility index (Phi) is 6.42. The third-order valence-electron chi connectivity index (χ3n) is 3.01. The Morgan fingerprint density at radius 2 is 1.87 bits per heavy atom. The van der Waals surface area contributed by atoms with E-state index in [-0.39, 0.29) is 0 Å². The third-order valence-corrected chi connectivity index (χ3v) is 3.01. The molecule has 0 unspecified atom stereocenters. The van der Waals surface area contributed by atoms with Gasteiger partial charge >= 0.3 is 12.1 Å². The van der Waals surface area contributed by atoms with Crippen LogP contribution in [0.15, 0.2) is 18.2 Å². The van der Waals surface area contributed by atoms with E-state index in [4.69, 9.17) is 14.2 Å². The molecule has 0 heterocycles. The number of likely N-dealkylation sites (N-methyl/N-ethyl adjacent to an activating group) is 1. The lowest BCUT2D eigenvalue weighted by molar-refractivity contribution is 0.0278. The standard InChI is InChI=1S/C17H25NO5/c1-12-7-8-13(11-14(12)15(19)21-6)22-10-9-18(5)16(20)23-17(2,3)4/h7-8,11H,9-10H2,1-6H3. The summed E-state index contributed by atoms with van der Waals surface area (Å²) in [6, 6.07) is 5.20. The molecule has 1 aromatic rings. The van der Waals surface area contributed by atoms with Gasteiger partial charge in [-0.3, -0.25) is 0 Å². The van der Waals surface area contributed by atoms with Gasteiger partial charge in [0.1, 0.15) is 18.0 Å². The molecule has 0 aliphatic carbocycles. The van der Waals surface area contributed by atoms with E-state index in [1.165, 1.54) is 12.0 Å². The van der Waals surface area contributed by atoms with E-state index in [1.807, 2.05) is 27.7 Å². The fraction of sp³-hybridized carbons (Fsp3) is 0.529. The highest BCUT2D eigenvalue weighted by Gasteiger charge is 2.19. The van der Waals surface area contributed by atoms with Crippen LogP contribution in [0.5, 0.6) is 5.75 Å². The molecule has 0 aliphatic heterocycles. The van der Waals surface area contributed by atoms with Gasteiger partial charge < -0.3 is 19.1 Å². The Hall–Kier alpha value is -2.24. The van der Waals surface area contributed by atoms with Crippen molar-refractivity contribution in [1.29, 1.82) is 0 Å². The number of hydrogen-bond donors (Lipinski definition) is 0. The summed E-state index contributed by atoms with van der Waals surface area (Å²) in [7, 11) is 2.98. The van der Waals surface area contributed by atoms with E-state index >= 15 is 0 Å². The molecular weight excluding hydrogens is 298 g/mol. The molecule has 23 heavy (non-hydrogen) atoms. The molecule has 0 radical (unpaired) electrons. The Morgan fingerprint density at radius 1 is 1.22 bits per heavy atom. The summed E-state index contributed by atoms with van der Waals surface area (Å²) in [6.07, 6.45) is -0.403. The van der Waals surface area contributed by atoms with Gasteiger partial charge in [-0.25, -0.2) is 9.59 Å². The fourth-order valence-electron chi connectivity index (χ4n) is 1.75. The third kappa shape index (κ3) is 6.18. The average Bonchev–Trinajstić information content (AvgIpc) is 2.46. The van der Waals surface area contributed by atoms with Crippen molar-refractivity contribution in [3.63, 3.8) is 0 Å². The number of carbonyl (C=O) groups excluding carboxylic acids is 2. The van der Waals surface area contributed by atoms with Gasteiger partial charge in [0.2, 0.25) is 0 Å². The van der Waals surface area contributed by atoms with E-state index in [0.29, 0.717) is 24.5 Å². The predicted molar refractivity (Wildman–Crippen MR) is 86.9 cm³/mol. The Labute approximate surface area is 137 Å². The molecule has 0 fully saturated rings. The van der Waals surface area contributed by atoms with Crippen LogP contribution in [-0.4, -0.2) is 49.9 Å². The summed E-state index contributed by atoms with van der Waals surface area (Å²) in [5.41, 5.74) is 0.749. The topological polar surface area (TPSA) is 65.1 Å². The van der Waals surface area contributed by atoms with Gasteiger partial charge in [-0.05, 0) is 45.4 Å². The number of aryl methyl sites for hydroxylation is 1. The van der Waals surface area contributed by atoms with Crippen LogP contribution in [0.3, 0.4) is 0 Å². The zero-order valence-corrected chi connectivity index (χ0v) is 14.6. The van der Waals surface area contributed by atoms with Crippen molar-refractivity contribution in [2.24, 2.45) is 0 Å². The van der Waals surface area contributed by atoms with Crippen molar-refractivity contribution < 1.29 is 23.8 Å². The molecule has 1 aromatic carbocycles. The summed E-state index contributed by atoms with van der Waals surface area (Å²) in [5, 5.41) is 0. The van der Waals surface area contributed by atoms with Gasteiger partial charge in [-0.2, -0.15) is 0 Å². The lowest BCUT2D eigenvalue weighted by atomic mass is 10.1. The van der Waals surface area contributed by atoms with Crippen molar-refractivity contribution >= 4 is 12.1 Å². The summed E-state index contributed by atoms with van der Waals surface area (Å²) >= 11 is 0. The number of benzene rings is 1. The number of ether oxygens (including phenoxy) is 3. The van der Waals surface area contributed by atoms with Crippen molar-refractivity contribution in [3.05, 3.63) is 29.3 Å². The number of amides is 1. The van der Waals surface area contributed by atoms with Crippen LogP contribution in [0.25, 0.3) is 0 Å². The lowest BCUT2D eigenvalue weighted by Gasteiger charge is -2.24. The number of methoxy groups -OCH3 is 1. The molecule has 0 saturated carbocycles.